The van der Waals surface area contributed by atoms with Crippen molar-refractivity contribution in [1.29, 1.82) is 0 Å². The minimum atomic E-state index is -0.315. The molecule has 0 unspecified atom stereocenters. The van der Waals surface area contributed by atoms with Crippen LogP contribution in [0, 0.1) is 5.82 Å². The number of ether oxygens (including phenoxy) is 1. The summed E-state index contributed by atoms with van der Waals surface area (Å²) in [5.41, 5.74) is 0.607. The van der Waals surface area contributed by atoms with E-state index in [9.17, 15) is 9.18 Å². The monoisotopic (exact) mass is 280 g/mol. The Kier molecular flexibility index (Phi) is 5.80. The molecule has 1 atom stereocenters. The molecule has 1 aliphatic heterocycles. The standard InChI is InChI=1S/C15H21FN2O2/c16-12-4-3-5-13(10-12)18-11-15(19)17-8-7-14-6-1-2-9-20-14/h3-5,10,14,18H,1-2,6-9,11H2,(H,17,19)/t14-/m0/s1. The van der Waals surface area contributed by atoms with Crippen LogP contribution >= 0.6 is 0 Å². The number of nitrogens with one attached hydrogen (secondary N) is 2. The number of halogens is 1. The quantitative estimate of drug-likeness (QED) is 0.840. The first-order valence-corrected chi connectivity index (χ1v) is 7.12. The number of carbonyl (C=O) groups is 1. The molecule has 1 aromatic carbocycles. The van der Waals surface area contributed by atoms with Crippen molar-refractivity contribution >= 4 is 11.6 Å². The Hall–Kier alpha value is -1.62. The van der Waals surface area contributed by atoms with E-state index < -0.39 is 0 Å². The third-order valence-corrected chi connectivity index (χ3v) is 3.34. The molecule has 20 heavy (non-hydrogen) atoms. The van der Waals surface area contributed by atoms with Gasteiger partial charge in [0.1, 0.15) is 5.82 Å². The average molecular weight is 280 g/mol. The summed E-state index contributed by atoms with van der Waals surface area (Å²) in [7, 11) is 0. The van der Waals surface area contributed by atoms with Gasteiger partial charge in [-0.1, -0.05) is 6.07 Å². The molecular weight excluding hydrogens is 259 g/mol. The third-order valence-electron chi connectivity index (χ3n) is 3.34. The lowest BCUT2D eigenvalue weighted by molar-refractivity contribution is -0.119. The molecule has 1 amide bonds. The van der Waals surface area contributed by atoms with Crippen LogP contribution < -0.4 is 10.6 Å². The van der Waals surface area contributed by atoms with Crippen LogP contribution in [-0.2, 0) is 9.53 Å². The molecular formula is C15H21FN2O2. The van der Waals surface area contributed by atoms with Gasteiger partial charge >= 0.3 is 0 Å². The largest absolute Gasteiger partial charge is 0.378 e. The lowest BCUT2D eigenvalue weighted by atomic mass is 10.1. The molecule has 1 aliphatic rings. The van der Waals surface area contributed by atoms with Crippen LogP contribution in [0.4, 0.5) is 10.1 Å². The zero-order chi connectivity index (χ0) is 14.2. The maximum absolute atomic E-state index is 12.9. The SMILES string of the molecule is O=C(CNc1cccc(F)c1)NCC[C@@H]1CCCCO1. The Labute approximate surface area is 118 Å². The minimum Gasteiger partial charge on any atom is -0.378 e. The highest BCUT2D eigenvalue weighted by Gasteiger charge is 2.13. The van der Waals surface area contributed by atoms with E-state index >= 15 is 0 Å². The van der Waals surface area contributed by atoms with E-state index in [1.807, 2.05) is 0 Å². The fourth-order valence-electron chi connectivity index (χ4n) is 2.25. The summed E-state index contributed by atoms with van der Waals surface area (Å²) in [6.07, 6.45) is 4.56. The highest BCUT2D eigenvalue weighted by molar-refractivity contribution is 5.80. The van der Waals surface area contributed by atoms with E-state index in [-0.39, 0.29) is 24.4 Å². The Morgan fingerprint density at radius 3 is 3.05 bits per heavy atom. The first kappa shape index (κ1) is 14.8. The van der Waals surface area contributed by atoms with Gasteiger partial charge < -0.3 is 15.4 Å². The van der Waals surface area contributed by atoms with Crippen molar-refractivity contribution in [3.63, 3.8) is 0 Å². The number of rotatable bonds is 6. The Morgan fingerprint density at radius 1 is 1.40 bits per heavy atom. The van der Waals surface area contributed by atoms with Gasteiger partial charge in [-0.05, 0) is 43.9 Å². The molecule has 0 bridgehead atoms. The summed E-state index contributed by atoms with van der Waals surface area (Å²) in [5, 5.41) is 5.73. The predicted molar refractivity (Wildman–Crippen MR) is 76.1 cm³/mol. The molecule has 0 radical (unpaired) electrons. The molecule has 1 aromatic rings. The topological polar surface area (TPSA) is 50.4 Å². The van der Waals surface area contributed by atoms with E-state index in [1.165, 1.54) is 18.6 Å². The van der Waals surface area contributed by atoms with Crippen LogP contribution in [0.3, 0.4) is 0 Å². The van der Waals surface area contributed by atoms with Crippen LogP contribution in [-0.4, -0.2) is 31.7 Å². The maximum Gasteiger partial charge on any atom is 0.239 e. The van der Waals surface area contributed by atoms with Gasteiger partial charge in [-0.3, -0.25) is 4.79 Å². The molecule has 1 heterocycles. The van der Waals surface area contributed by atoms with Gasteiger partial charge in [0.25, 0.3) is 0 Å². The first-order chi connectivity index (χ1) is 9.74. The molecule has 4 nitrogen and oxygen atoms in total. The Balaban J connectivity index is 1.60. The fourth-order valence-corrected chi connectivity index (χ4v) is 2.25. The molecule has 0 aromatic heterocycles. The molecule has 5 heteroatoms. The summed E-state index contributed by atoms with van der Waals surface area (Å²) in [4.78, 5) is 11.6. The van der Waals surface area contributed by atoms with Crippen molar-refractivity contribution < 1.29 is 13.9 Å². The van der Waals surface area contributed by atoms with Crippen molar-refractivity contribution in [2.45, 2.75) is 31.8 Å². The highest BCUT2D eigenvalue weighted by atomic mass is 19.1. The van der Waals surface area contributed by atoms with Crippen LogP contribution in [0.2, 0.25) is 0 Å². The Bertz CT molecular complexity index is 434. The van der Waals surface area contributed by atoms with Gasteiger partial charge in [0.15, 0.2) is 0 Å². The summed E-state index contributed by atoms with van der Waals surface area (Å²) < 4.78 is 18.5. The molecule has 0 spiro atoms. The van der Waals surface area contributed by atoms with Crippen LogP contribution in [0.1, 0.15) is 25.7 Å². The van der Waals surface area contributed by atoms with Crippen LogP contribution in [0.5, 0.6) is 0 Å². The average Bonchev–Trinajstić information content (AvgIpc) is 2.46. The van der Waals surface area contributed by atoms with Gasteiger partial charge in [-0.15, -0.1) is 0 Å². The van der Waals surface area contributed by atoms with Gasteiger partial charge in [-0.2, -0.15) is 0 Å². The van der Waals surface area contributed by atoms with Gasteiger partial charge in [0.2, 0.25) is 5.91 Å². The van der Waals surface area contributed by atoms with Crippen molar-refractivity contribution in [3.8, 4) is 0 Å². The lowest BCUT2D eigenvalue weighted by Gasteiger charge is -2.22. The fraction of sp³-hybridized carbons (Fsp3) is 0.533. The van der Waals surface area contributed by atoms with E-state index in [4.69, 9.17) is 4.74 Å². The second-order valence-corrected chi connectivity index (χ2v) is 4.99. The van der Waals surface area contributed by atoms with E-state index in [0.717, 1.165) is 25.9 Å². The number of amides is 1. The predicted octanol–water partition coefficient (Wildman–Crippen LogP) is 2.31. The molecule has 2 rings (SSSR count). The molecule has 110 valence electrons. The number of benzene rings is 1. The number of anilines is 1. The number of hydrogen-bond acceptors (Lipinski definition) is 3. The molecule has 2 N–H and O–H groups in total. The first-order valence-electron chi connectivity index (χ1n) is 7.12. The van der Waals surface area contributed by atoms with E-state index in [0.29, 0.717) is 12.2 Å². The van der Waals surface area contributed by atoms with Gasteiger partial charge in [-0.25, -0.2) is 4.39 Å². The number of hydrogen-bond donors (Lipinski definition) is 2. The normalized spacial score (nSPS) is 18.6. The van der Waals surface area contributed by atoms with Crippen molar-refractivity contribution in [2.75, 3.05) is 25.0 Å². The minimum absolute atomic E-state index is 0.0925. The molecule has 1 fully saturated rings. The second-order valence-electron chi connectivity index (χ2n) is 4.99. The lowest BCUT2D eigenvalue weighted by Crippen LogP contribution is -2.33. The third kappa shape index (κ3) is 5.17. The molecule has 0 saturated carbocycles. The smallest absolute Gasteiger partial charge is 0.239 e. The van der Waals surface area contributed by atoms with Gasteiger partial charge in [0.05, 0.1) is 12.6 Å². The number of carbonyl (C=O) groups excluding carboxylic acids is 1. The van der Waals surface area contributed by atoms with Crippen molar-refractivity contribution in [3.05, 3.63) is 30.1 Å². The molecule has 0 aliphatic carbocycles. The maximum atomic E-state index is 12.9. The van der Waals surface area contributed by atoms with E-state index in [2.05, 4.69) is 10.6 Å². The highest BCUT2D eigenvalue weighted by Crippen LogP contribution is 2.14. The van der Waals surface area contributed by atoms with Crippen molar-refractivity contribution in [1.82, 2.24) is 5.32 Å². The Morgan fingerprint density at radius 2 is 2.30 bits per heavy atom. The summed E-state index contributed by atoms with van der Waals surface area (Å²) in [6.45, 7) is 1.60. The van der Waals surface area contributed by atoms with Gasteiger partial charge in [0, 0.05) is 18.8 Å². The summed E-state index contributed by atoms with van der Waals surface area (Å²) >= 11 is 0. The van der Waals surface area contributed by atoms with E-state index in [1.54, 1.807) is 12.1 Å². The molecule has 1 saturated heterocycles. The zero-order valence-corrected chi connectivity index (χ0v) is 11.5. The van der Waals surface area contributed by atoms with Crippen molar-refractivity contribution in [2.24, 2.45) is 0 Å². The summed E-state index contributed by atoms with van der Waals surface area (Å²) in [5.74, 6) is -0.407. The second kappa shape index (κ2) is 7.85. The van der Waals surface area contributed by atoms with Crippen LogP contribution in [0.15, 0.2) is 24.3 Å². The zero-order valence-electron chi connectivity index (χ0n) is 11.5. The summed E-state index contributed by atoms with van der Waals surface area (Å²) in [6, 6.07) is 6.07. The van der Waals surface area contributed by atoms with Crippen LogP contribution in [0.25, 0.3) is 0 Å².